The lowest BCUT2D eigenvalue weighted by Crippen LogP contribution is -2.47. The lowest BCUT2D eigenvalue weighted by molar-refractivity contribution is 0.100. The number of para-hydroxylation sites is 1. The summed E-state index contributed by atoms with van der Waals surface area (Å²) in [5.74, 6) is 1.16. The fourth-order valence-electron chi connectivity index (χ4n) is 3.42. The van der Waals surface area contributed by atoms with Crippen molar-refractivity contribution in [2.24, 2.45) is 5.73 Å². The van der Waals surface area contributed by atoms with E-state index in [4.69, 9.17) is 5.73 Å². The van der Waals surface area contributed by atoms with Crippen LogP contribution >= 0.6 is 0 Å². The van der Waals surface area contributed by atoms with Gasteiger partial charge in [0.05, 0.1) is 11.1 Å². The summed E-state index contributed by atoms with van der Waals surface area (Å²) >= 11 is 0. The summed E-state index contributed by atoms with van der Waals surface area (Å²) < 4.78 is 0. The molecule has 4 N–H and O–H groups in total. The van der Waals surface area contributed by atoms with Crippen molar-refractivity contribution in [3.8, 4) is 0 Å². The summed E-state index contributed by atoms with van der Waals surface area (Å²) in [5.41, 5.74) is 8.67. The summed E-state index contributed by atoms with van der Waals surface area (Å²) in [6.45, 7) is 3.17. The number of primary amides is 1. The second-order valence-corrected chi connectivity index (χ2v) is 6.44. The molecule has 10 heteroatoms. The third-order valence-corrected chi connectivity index (χ3v) is 4.84. The van der Waals surface area contributed by atoms with Gasteiger partial charge in [-0.05, 0) is 24.3 Å². The number of nitrogens with one attached hydrogen (secondary N) is 2. The fourth-order valence-corrected chi connectivity index (χ4v) is 3.42. The highest BCUT2D eigenvalue weighted by Gasteiger charge is 2.22. The van der Waals surface area contributed by atoms with E-state index in [0.717, 1.165) is 49.0 Å². The SMILES string of the molecule is NC(=O)c1cccc2[nH]c(N3CCN(c4ccc5n[nH]nc5n4)CC3)nc12. The zero-order valence-corrected chi connectivity index (χ0v) is 14.4. The average molecular weight is 363 g/mol. The molecule has 0 radical (unpaired) electrons. The molecule has 10 nitrogen and oxygen atoms in total. The van der Waals surface area contributed by atoms with Crippen LogP contribution in [0.3, 0.4) is 0 Å². The lowest BCUT2D eigenvalue weighted by Gasteiger charge is -2.35. The minimum absolute atomic E-state index is 0.429. The van der Waals surface area contributed by atoms with Crippen LogP contribution in [0.1, 0.15) is 10.4 Å². The number of rotatable bonds is 3. The van der Waals surface area contributed by atoms with E-state index in [9.17, 15) is 4.79 Å². The number of piperazine rings is 1. The van der Waals surface area contributed by atoms with E-state index in [0.29, 0.717) is 16.7 Å². The van der Waals surface area contributed by atoms with Crippen LogP contribution in [-0.4, -0.2) is 62.4 Å². The lowest BCUT2D eigenvalue weighted by atomic mass is 10.2. The largest absolute Gasteiger partial charge is 0.366 e. The topological polar surface area (TPSA) is 133 Å². The first-order valence-corrected chi connectivity index (χ1v) is 8.65. The number of hydrogen-bond donors (Lipinski definition) is 3. The molecule has 4 heterocycles. The third-order valence-electron chi connectivity index (χ3n) is 4.84. The van der Waals surface area contributed by atoms with Gasteiger partial charge < -0.3 is 20.5 Å². The number of H-pyrrole nitrogens is 2. The molecule has 4 aromatic rings. The number of hydrogen-bond acceptors (Lipinski definition) is 7. The highest BCUT2D eigenvalue weighted by atomic mass is 16.1. The molecule has 3 aromatic heterocycles. The zero-order chi connectivity index (χ0) is 18.4. The van der Waals surface area contributed by atoms with Gasteiger partial charge in [0.25, 0.3) is 5.91 Å². The van der Waals surface area contributed by atoms with Crippen molar-refractivity contribution in [3.05, 3.63) is 35.9 Å². The number of pyridine rings is 1. The monoisotopic (exact) mass is 363 g/mol. The maximum atomic E-state index is 11.6. The first-order chi connectivity index (χ1) is 13.2. The molecule has 0 aliphatic carbocycles. The van der Waals surface area contributed by atoms with Crippen LogP contribution in [-0.2, 0) is 0 Å². The Morgan fingerprint density at radius 1 is 1.00 bits per heavy atom. The highest BCUT2D eigenvalue weighted by Crippen LogP contribution is 2.23. The van der Waals surface area contributed by atoms with E-state index in [1.54, 1.807) is 12.1 Å². The van der Waals surface area contributed by atoms with Gasteiger partial charge in [-0.1, -0.05) is 6.07 Å². The van der Waals surface area contributed by atoms with Crippen LogP contribution in [0, 0.1) is 0 Å². The molecule has 1 aromatic carbocycles. The van der Waals surface area contributed by atoms with Gasteiger partial charge in [0, 0.05) is 26.2 Å². The van der Waals surface area contributed by atoms with E-state index in [-0.39, 0.29) is 0 Å². The summed E-state index contributed by atoms with van der Waals surface area (Å²) in [5, 5.41) is 10.7. The second kappa shape index (κ2) is 5.94. The van der Waals surface area contributed by atoms with Gasteiger partial charge in [-0.3, -0.25) is 4.79 Å². The van der Waals surface area contributed by atoms with E-state index in [1.165, 1.54) is 0 Å². The smallest absolute Gasteiger partial charge is 0.250 e. The molecule has 0 bridgehead atoms. The van der Waals surface area contributed by atoms with E-state index < -0.39 is 5.91 Å². The number of aromatic nitrogens is 6. The molecule has 0 saturated carbocycles. The Balaban J connectivity index is 1.36. The first kappa shape index (κ1) is 15.6. The fraction of sp³-hybridized carbons (Fsp3) is 0.235. The van der Waals surface area contributed by atoms with Crippen LogP contribution in [0.2, 0.25) is 0 Å². The maximum Gasteiger partial charge on any atom is 0.250 e. The molecule has 1 fully saturated rings. The molecule has 0 atom stereocenters. The van der Waals surface area contributed by atoms with Gasteiger partial charge in [-0.2, -0.15) is 10.3 Å². The Morgan fingerprint density at radius 2 is 1.81 bits per heavy atom. The molecule has 1 amide bonds. The second-order valence-electron chi connectivity index (χ2n) is 6.44. The number of aromatic amines is 2. The number of benzene rings is 1. The van der Waals surface area contributed by atoms with Gasteiger partial charge in [0.2, 0.25) is 11.6 Å². The molecule has 1 aliphatic heterocycles. The molecule has 1 aliphatic rings. The standard InChI is InChI=1S/C17H17N9O/c18-15(27)10-2-1-3-11-14(10)21-17(19-11)26-8-6-25(7-9-26)13-5-4-12-16(20-13)23-24-22-12/h1-5H,6-9H2,(H2,18,27)(H,19,21)(H,20,22,23,24). The summed E-state index contributed by atoms with van der Waals surface area (Å²) in [6, 6.07) is 9.26. The van der Waals surface area contributed by atoms with E-state index in [1.807, 2.05) is 18.2 Å². The molecule has 1 saturated heterocycles. The maximum absolute atomic E-state index is 11.6. The van der Waals surface area contributed by atoms with E-state index in [2.05, 4.69) is 40.2 Å². The van der Waals surface area contributed by atoms with Gasteiger partial charge in [0.15, 0.2) is 0 Å². The van der Waals surface area contributed by atoms with Gasteiger partial charge in [-0.25, -0.2) is 9.97 Å². The number of nitrogens with zero attached hydrogens (tertiary/aromatic N) is 6. The van der Waals surface area contributed by atoms with E-state index >= 15 is 0 Å². The zero-order valence-electron chi connectivity index (χ0n) is 14.4. The highest BCUT2D eigenvalue weighted by molar-refractivity contribution is 6.04. The normalized spacial score (nSPS) is 15.0. The van der Waals surface area contributed by atoms with Crippen LogP contribution in [0.4, 0.5) is 11.8 Å². The van der Waals surface area contributed by atoms with Crippen molar-refractivity contribution in [2.45, 2.75) is 0 Å². The Bertz CT molecular complexity index is 1140. The average Bonchev–Trinajstić information content (AvgIpc) is 3.33. The Morgan fingerprint density at radius 3 is 2.63 bits per heavy atom. The Kier molecular flexibility index (Phi) is 3.42. The molecule has 136 valence electrons. The third kappa shape index (κ3) is 2.62. The van der Waals surface area contributed by atoms with Crippen LogP contribution in [0.25, 0.3) is 22.2 Å². The number of amides is 1. The van der Waals surface area contributed by atoms with Crippen LogP contribution in [0.5, 0.6) is 0 Å². The van der Waals surface area contributed by atoms with Crippen molar-refractivity contribution in [1.82, 2.24) is 30.4 Å². The predicted molar refractivity (Wildman–Crippen MR) is 101 cm³/mol. The molecular weight excluding hydrogens is 346 g/mol. The first-order valence-electron chi connectivity index (χ1n) is 8.65. The molecule has 0 spiro atoms. The number of carbonyl (C=O) groups excluding carboxylic acids is 1. The molecule has 27 heavy (non-hydrogen) atoms. The number of anilines is 2. The van der Waals surface area contributed by atoms with Gasteiger partial charge in [-0.15, -0.1) is 5.10 Å². The number of nitrogens with two attached hydrogens (primary N) is 1. The Hall–Kier alpha value is -3.69. The minimum atomic E-state index is -0.474. The quantitative estimate of drug-likeness (QED) is 0.487. The number of fused-ring (bicyclic) bond motifs is 2. The number of carbonyl (C=O) groups is 1. The van der Waals surface area contributed by atoms with Crippen LogP contribution in [0.15, 0.2) is 30.3 Å². The van der Waals surface area contributed by atoms with Crippen molar-refractivity contribution >= 4 is 39.9 Å². The van der Waals surface area contributed by atoms with Gasteiger partial charge in [0.1, 0.15) is 16.9 Å². The van der Waals surface area contributed by atoms with Crippen molar-refractivity contribution < 1.29 is 4.79 Å². The van der Waals surface area contributed by atoms with Crippen molar-refractivity contribution in [3.63, 3.8) is 0 Å². The summed E-state index contributed by atoms with van der Waals surface area (Å²) in [7, 11) is 0. The Labute approximate surface area is 153 Å². The van der Waals surface area contributed by atoms with Crippen LogP contribution < -0.4 is 15.5 Å². The number of imidazole rings is 1. The van der Waals surface area contributed by atoms with Crippen molar-refractivity contribution in [2.75, 3.05) is 36.0 Å². The van der Waals surface area contributed by atoms with Gasteiger partial charge >= 0.3 is 0 Å². The molecular formula is C17H17N9O. The summed E-state index contributed by atoms with van der Waals surface area (Å²) in [4.78, 5) is 28.4. The molecule has 0 unspecified atom stereocenters. The summed E-state index contributed by atoms with van der Waals surface area (Å²) in [6.07, 6.45) is 0. The predicted octanol–water partition coefficient (Wildman–Crippen LogP) is 0.655. The molecule has 5 rings (SSSR count). The van der Waals surface area contributed by atoms with Crippen molar-refractivity contribution in [1.29, 1.82) is 0 Å². The minimum Gasteiger partial charge on any atom is -0.366 e.